The quantitative estimate of drug-likeness (QED) is 0.493. The first-order valence-corrected chi connectivity index (χ1v) is 10.8. The smallest absolute Gasteiger partial charge is 0.274 e. The van der Waals surface area contributed by atoms with Gasteiger partial charge >= 0.3 is 0 Å². The van der Waals surface area contributed by atoms with E-state index in [1.165, 1.54) is 30.5 Å². The molecular weight excluding hydrogens is 425 g/mol. The molecule has 2 unspecified atom stereocenters. The Morgan fingerprint density at radius 2 is 1.87 bits per heavy atom. The Morgan fingerprint density at radius 1 is 1.20 bits per heavy atom. The molecule has 2 atom stereocenters. The van der Waals surface area contributed by atoms with Crippen molar-refractivity contribution in [1.82, 2.24) is 9.80 Å². The first-order valence-electron chi connectivity index (χ1n) is 10.1. The van der Waals surface area contributed by atoms with E-state index >= 15 is 0 Å². The van der Waals surface area contributed by atoms with Gasteiger partial charge in [-0.15, -0.1) is 0 Å². The number of likely N-dealkylation sites (tertiary alicyclic amines) is 1. The zero-order valence-corrected chi connectivity index (χ0v) is 18.2. The summed E-state index contributed by atoms with van der Waals surface area (Å²) in [7, 11) is 1.79. The maximum absolute atomic E-state index is 13.2. The summed E-state index contributed by atoms with van der Waals surface area (Å²) >= 11 is 12.0. The topological polar surface area (TPSA) is 66.7 Å². The summed E-state index contributed by atoms with van der Waals surface area (Å²) < 4.78 is 0. The molecule has 4 rings (SSSR count). The molecule has 0 N–H and O–H groups in total. The highest BCUT2D eigenvalue weighted by Gasteiger charge is 2.40. The van der Waals surface area contributed by atoms with Crippen LogP contribution in [0.3, 0.4) is 0 Å². The summed E-state index contributed by atoms with van der Waals surface area (Å²) in [5.41, 5.74) is 2.51. The largest absolute Gasteiger partial charge is 0.337 e. The Labute approximate surface area is 185 Å². The van der Waals surface area contributed by atoms with Gasteiger partial charge in [-0.05, 0) is 49.5 Å². The normalized spacial score (nSPS) is 20.9. The third-order valence-electron chi connectivity index (χ3n) is 6.25. The molecule has 2 aliphatic rings. The number of rotatable bonds is 5. The van der Waals surface area contributed by atoms with Crippen LogP contribution in [0.2, 0.25) is 10.0 Å². The van der Waals surface area contributed by atoms with Crippen molar-refractivity contribution in [1.29, 1.82) is 0 Å². The molecule has 8 heteroatoms. The third-order valence-corrected chi connectivity index (χ3v) is 6.97. The summed E-state index contributed by atoms with van der Waals surface area (Å²) in [5, 5.41) is 11.8. The fraction of sp³-hybridized carbons (Fsp3) is 0.409. The lowest BCUT2D eigenvalue weighted by molar-refractivity contribution is -0.385. The molecular formula is C22H23Cl2N3O3. The SMILES string of the molecule is CN(C(=O)Cc1cc(Cl)c(Cl)cc1[N+](=O)[O-])C1c2ccccc2CC1N1CCCC1. The van der Waals surface area contributed by atoms with Crippen LogP contribution in [0, 0.1) is 10.1 Å². The zero-order chi connectivity index (χ0) is 21.4. The molecule has 2 aromatic carbocycles. The summed E-state index contributed by atoms with van der Waals surface area (Å²) in [6.07, 6.45) is 3.15. The Bertz CT molecular complexity index is 992. The van der Waals surface area contributed by atoms with Gasteiger partial charge in [-0.25, -0.2) is 0 Å². The summed E-state index contributed by atoms with van der Waals surface area (Å²) in [5.74, 6) is -0.178. The lowest BCUT2D eigenvalue weighted by atomic mass is 10.0. The molecule has 30 heavy (non-hydrogen) atoms. The minimum Gasteiger partial charge on any atom is -0.337 e. The molecule has 0 bridgehead atoms. The second-order valence-corrected chi connectivity index (χ2v) is 8.81. The van der Waals surface area contributed by atoms with E-state index in [4.69, 9.17) is 23.2 Å². The lowest BCUT2D eigenvalue weighted by Crippen LogP contribution is -2.44. The highest BCUT2D eigenvalue weighted by atomic mass is 35.5. The Morgan fingerprint density at radius 3 is 2.57 bits per heavy atom. The average molecular weight is 448 g/mol. The highest BCUT2D eigenvalue weighted by molar-refractivity contribution is 6.42. The number of likely N-dealkylation sites (N-methyl/N-ethyl adjacent to an activating group) is 1. The average Bonchev–Trinajstić information content (AvgIpc) is 3.37. The van der Waals surface area contributed by atoms with Crippen LogP contribution >= 0.6 is 23.2 Å². The third kappa shape index (κ3) is 3.92. The van der Waals surface area contributed by atoms with E-state index in [0.717, 1.165) is 25.1 Å². The molecule has 2 aromatic rings. The highest BCUT2D eigenvalue weighted by Crippen LogP contribution is 2.40. The summed E-state index contributed by atoms with van der Waals surface area (Å²) in [4.78, 5) is 28.4. The Hall–Kier alpha value is -2.15. The number of benzene rings is 2. The predicted molar refractivity (Wildman–Crippen MR) is 117 cm³/mol. The molecule has 158 valence electrons. The second-order valence-electron chi connectivity index (χ2n) is 7.99. The van der Waals surface area contributed by atoms with E-state index in [-0.39, 0.29) is 45.7 Å². The molecule has 1 fully saturated rings. The van der Waals surface area contributed by atoms with E-state index in [1.807, 2.05) is 12.1 Å². The van der Waals surface area contributed by atoms with Gasteiger partial charge in [0.2, 0.25) is 5.91 Å². The number of halogens is 2. The molecule has 6 nitrogen and oxygen atoms in total. The molecule has 1 aliphatic carbocycles. The van der Waals surface area contributed by atoms with Crippen molar-refractivity contribution in [2.24, 2.45) is 0 Å². The van der Waals surface area contributed by atoms with E-state index in [9.17, 15) is 14.9 Å². The van der Waals surface area contributed by atoms with Crippen molar-refractivity contribution >= 4 is 34.8 Å². The van der Waals surface area contributed by atoms with Gasteiger partial charge in [0.25, 0.3) is 5.69 Å². The van der Waals surface area contributed by atoms with Crippen LogP contribution in [-0.4, -0.2) is 46.8 Å². The van der Waals surface area contributed by atoms with Crippen LogP contribution in [0.5, 0.6) is 0 Å². The standard InChI is InChI=1S/C22H23Cl2N3O3/c1-25(21(28)12-15-10-17(23)18(24)13-19(15)27(29)30)22-16-7-3-2-6-14(16)11-20(22)26-8-4-5-9-26/h2-3,6-7,10,13,20,22H,4-5,8-9,11-12H2,1H3. The molecule has 0 spiro atoms. The molecule has 1 saturated heterocycles. The van der Waals surface area contributed by atoms with Gasteiger partial charge in [-0.2, -0.15) is 0 Å². The van der Waals surface area contributed by atoms with Crippen molar-refractivity contribution in [3.63, 3.8) is 0 Å². The minimum absolute atomic E-state index is 0.0753. The summed E-state index contributed by atoms with van der Waals surface area (Å²) in [6.45, 7) is 2.07. The van der Waals surface area contributed by atoms with Crippen LogP contribution in [0.25, 0.3) is 0 Å². The fourth-order valence-corrected chi connectivity index (χ4v) is 5.10. The van der Waals surface area contributed by atoms with E-state index in [1.54, 1.807) is 11.9 Å². The van der Waals surface area contributed by atoms with E-state index in [2.05, 4.69) is 17.0 Å². The number of hydrogen-bond donors (Lipinski definition) is 0. The van der Waals surface area contributed by atoms with Crippen LogP contribution < -0.4 is 0 Å². The summed E-state index contributed by atoms with van der Waals surface area (Å²) in [6, 6.07) is 11.0. The molecule has 0 radical (unpaired) electrons. The van der Waals surface area contributed by atoms with E-state index < -0.39 is 4.92 Å². The van der Waals surface area contributed by atoms with Gasteiger partial charge in [0.15, 0.2) is 0 Å². The van der Waals surface area contributed by atoms with Gasteiger partial charge in [0.05, 0.1) is 27.4 Å². The number of amides is 1. The number of hydrogen-bond acceptors (Lipinski definition) is 4. The maximum atomic E-state index is 13.2. The number of nitro benzene ring substituents is 1. The lowest BCUT2D eigenvalue weighted by Gasteiger charge is -2.35. The molecule has 1 amide bonds. The second kappa shape index (κ2) is 8.53. The van der Waals surface area contributed by atoms with Crippen LogP contribution in [0.1, 0.15) is 35.6 Å². The monoisotopic (exact) mass is 447 g/mol. The van der Waals surface area contributed by atoms with Gasteiger partial charge < -0.3 is 4.90 Å². The number of nitrogens with zero attached hydrogens (tertiary/aromatic N) is 3. The van der Waals surface area contributed by atoms with Gasteiger partial charge in [-0.3, -0.25) is 19.8 Å². The molecule has 0 aromatic heterocycles. The molecule has 1 aliphatic heterocycles. The van der Waals surface area contributed by atoms with Crippen molar-refractivity contribution in [2.75, 3.05) is 20.1 Å². The van der Waals surface area contributed by atoms with Crippen LogP contribution in [0.4, 0.5) is 5.69 Å². The number of carbonyl (C=O) groups is 1. The fourth-order valence-electron chi connectivity index (χ4n) is 4.75. The van der Waals surface area contributed by atoms with Crippen LogP contribution in [0.15, 0.2) is 36.4 Å². The van der Waals surface area contributed by atoms with Crippen molar-refractivity contribution in [3.8, 4) is 0 Å². The number of carbonyl (C=O) groups excluding carboxylic acids is 1. The van der Waals surface area contributed by atoms with Crippen LogP contribution in [-0.2, 0) is 17.6 Å². The van der Waals surface area contributed by atoms with Crippen molar-refractivity contribution in [2.45, 2.75) is 37.8 Å². The van der Waals surface area contributed by atoms with Gasteiger partial charge in [-0.1, -0.05) is 47.5 Å². The Kier molecular flexibility index (Phi) is 6.00. The zero-order valence-electron chi connectivity index (χ0n) is 16.7. The van der Waals surface area contributed by atoms with Crippen molar-refractivity contribution < 1.29 is 9.72 Å². The van der Waals surface area contributed by atoms with Gasteiger partial charge in [0, 0.05) is 24.7 Å². The number of nitro groups is 1. The van der Waals surface area contributed by atoms with Crippen molar-refractivity contribution in [3.05, 3.63) is 73.2 Å². The Balaban J connectivity index is 1.63. The number of fused-ring (bicyclic) bond motifs is 1. The minimum atomic E-state index is -0.525. The first-order chi connectivity index (χ1) is 14.4. The maximum Gasteiger partial charge on any atom is 0.274 e. The molecule has 1 heterocycles. The van der Waals surface area contributed by atoms with Gasteiger partial charge in [0.1, 0.15) is 0 Å². The predicted octanol–water partition coefficient (Wildman–Crippen LogP) is 4.66. The molecule has 0 saturated carbocycles. The van der Waals surface area contributed by atoms with E-state index in [0.29, 0.717) is 0 Å². The first kappa shape index (κ1) is 21.1.